The van der Waals surface area contributed by atoms with Gasteiger partial charge in [0.2, 0.25) is 0 Å². The molecule has 1 aliphatic heterocycles. The van der Waals surface area contributed by atoms with Crippen LogP contribution in [0.3, 0.4) is 0 Å². The Hall–Kier alpha value is -1.59. The first-order valence-corrected chi connectivity index (χ1v) is 8.35. The van der Waals surface area contributed by atoms with Crippen molar-refractivity contribution in [2.45, 2.75) is 45.8 Å². The summed E-state index contributed by atoms with van der Waals surface area (Å²) in [6.07, 6.45) is 4.40. The minimum absolute atomic E-state index is 0.126. The first-order chi connectivity index (χ1) is 11.1. The molecular formula is C16H17Cl2N3O2. The van der Waals surface area contributed by atoms with E-state index in [4.69, 9.17) is 27.9 Å². The maximum atomic E-state index is 11.8. The van der Waals surface area contributed by atoms with E-state index in [-0.39, 0.29) is 12.4 Å². The van der Waals surface area contributed by atoms with Crippen LogP contribution in [0.2, 0.25) is 10.0 Å². The van der Waals surface area contributed by atoms with Crippen molar-refractivity contribution in [3.8, 4) is 5.75 Å². The predicted octanol–water partition coefficient (Wildman–Crippen LogP) is 4.09. The third-order valence-corrected chi connectivity index (χ3v) is 4.67. The number of fused-ring (bicyclic) bond motifs is 1. The molecule has 0 N–H and O–H groups in total. The molecule has 2 aromatic rings. The van der Waals surface area contributed by atoms with Gasteiger partial charge in [-0.15, -0.1) is 10.2 Å². The normalized spacial score (nSPS) is 14.2. The van der Waals surface area contributed by atoms with Crippen LogP contribution in [0.25, 0.3) is 0 Å². The molecule has 3 rings (SSSR count). The van der Waals surface area contributed by atoms with Gasteiger partial charge in [-0.25, -0.2) is 0 Å². The summed E-state index contributed by atoms with van der Waals surface area (Å²) in [7, 11) is 0. The molecule has 0 unspecified atom stereocenters. The maximum Gasteiger partial charge on any atom is 0.171 e. The molecule has 0 saturated carbocycles. The van der Waals surface area contributed by atoms with Gasteiger partial charge in [-0.2, -0.15) is 0 Å². The summed E-state index contributed by atoms with van der Waals surface area (Å²) < 4.78 is 7.91. The van der Waals surface area contributed by atoms with Gasteiger partial charge in [0.15, 0.2) is 11.6 Å². The van der Waals surface area contributed by atoms with Crippen LogP contribution in [0, 0.1) is 0 Å². The van der Waals surface area contributed by atoms with Gasteiger partial charge in [-0.3, -0.25) is 4.79 Å². The minimum atomic E-state index is -0.126. The smallest absolute Gasteiger partial charge is 0.171 e. The van der Waals surface area contributed by atoms with Crippen LogP contribution in [-0.2, 0) is 19.6 Å². The summed E-state index contributed by atoms with van der Waals surface area (Å²) in [6, 6.07) is 3.10. The van der Waals surface area contributed by atoms with Crippen molar-refractivity contribution < 1.29 is 9.53 Å². The highest BCUT2D eigenvalue weighted by Gasteiger charge is 2.17. The number of carbonyl (C=O) groups excluding carboxylic acids is 1. The fraction of sp³-hybridized carbons (Fsp3) is 0.438. The van der Waals surface area contributed by atoms with Gasteiger partial charge < -0.3 is 9.30 Å². The second kappa shape index (κ2) is 6.89. The summed E-state index contributed by atoms with van der Waals surface area (Å²) in [5, 5.41) is 9.14. The zero-order valence-corrected chi connectivity index (χ0v) is 14.3. The molecule has 0 fully saturated rings. The van der Waals surface area contributed by atoms with Crippen molar-refractivity contribution in [1.82, 2.24) is 14.8 Å². The van der Waals surface area contributed by atoms with Gasteiger partial charge in [0.1, 0.15) is 18.2 Å². The Kier molecular flexibility index (Phi) is 4.87. The van der Waals surface area contributed by atoms with Crippen molar-refractivity contribution in [2.75, 3.05) is 0 Å². The molecule has 0 saturated heterocycles. The highest BCUT2D eigenvalue weighted by molar-refractivity contribution is 6.42. The first kappa shape index (κ1) is 16.3. The van der Waals surface area contributed by atoms with Crippen LogP contribution in [0.5, 0.6) is 5.75 Å². The van der Waals surface area contributed by atoms with E-state index in [1.807, 2.05) is 0 Å². The van der Waals surface area contributed by atoms with Crippen molar-refractivity contribution in [2.24, 2.45) is 0 Å². The molecule has 5 nitrogen and oxygen atoms in total. The monoisotopic (exact) mass is 353 g/mol. The van der Waals surface area contributed by atoms with Crippen LogP contribution in [0.1, 0.15) is 48.2 Å². The highest BCUT2D eigenvalue weighted by Crippen LogP contribution is 2.31. The molecule has 0 atom stereocenters. The number of ether oxygens (including phenoxy) is 1. The average molecular weight is 354 g/mol. The molecule has 122 valence electrons. The molecule has 0 radical (unpaired) electrons. The van der Waals surface area contributed by atoms with E-state index >= 15 is 0 Å². The molecule has 1 aromatic heterocycles. The number of rotatable bonds is 4. The Morgan fingerprint density at radius 1 is 1.22 bits per heavy atom. The van der Waals surface area contributed by atoms with Gasteiger partial charge in [0, 0.05) is 19.0 Å². The molecule has 7 heteroatoms. The maximum absolute atomic E-state index is 11.8. The van der Waals surface area contributed by atoms with Gasteiger partial charge in [0.05, 0.1) is 15.6 Å². The van der Waals surface area contributed by atoms with Crippen molar-refractivity contribution >= 4 is 29.0 Å². The first-order valence-electron chi connectivity index (χ1n) is 7.60. The lowest BCUT2D eigenvalue weighted by Crippen LogP contribution is -2.10. The number of hydrogen-bond acceptors (Lipinski definition) is 4. The van der Waals surface area contributed by atoms with Crippen molar-refractivity contribution in [3.05, 3.63) is 39.4 Å². The molecule has 23 heavy (non-hydrogen) atoms. The van der Waals surface area contributed by atoms with Crippen LogP contribution >= 0.6 is 23.2 Å². The van der Waals surface area contributed by atoms with Gasteiger partial charge in [-0.1, -0.05) is 29.6 Å². The summed E-state index contributed by atoms with van der Waals surface area (Å²) in [6.45, 7) is 2.61. The summed E-state index contributed by atoms with van der Waals surface area (Å²) >= 11 is 12.0. The Morgan fingerprint density at radius 2 is 2.00 bits per heavy atom. The Balaban J connectivity index is 1.83. The summed E-state index contributed by atoms with van der Waals surface area (Å²) in [5.74, 6) is 2.06. The quantitative estimate of drug-likeness (QED) is 0.776. The number of benzene rings is 1. The largest absolute Gasteiger partial charge is 0.485 e. The topological polar surface area (TPSA) is 57.0 Å². The van der Waals surface area contributed by atoms with Crippen molar-refractivity contribution in [3.63, 3.8) is 0 Å². The van der Waals surface area contributed by atoms with E-state index in [2.05, 4.69) is 14.8 Å². The number of ketones is 1. The second-order valence-electron chi connectivity index (χ2n) is 5.60. The zero-order chi connectivity index (χ0) is 16.4. The van der Waals surface area contributed by atoms with Crippen LogP contribution < -0.4 is 4.74 Å². The number of aromatic nitrogens is 3. The number of nitrogens with zero attached hydrogens (tertiary/aromatic N) is 3. The minimum Gasteiger partial charge on any atom is -0.485 e. The zero-order valence-electron chi connectivity index (χ0n) is 12.8. The third-order valence-electron chi connectivity index (χ3n) is 3.94. The molecule has 1 aliphatic rings. The van der Waals surface area contributed by atoms with Gasteiger partial charge >= 0.3 is 0 Å². The van der Waals surface area contributed by atoms with Crippen molar-refractivity contribution in [1.29, 1.82) is 0 Å². The van der Waals surface area contributed by atoms with E-state index in [1.165, 1.54) is 19.4 Å². The van der Waals surface area contributed by atoms with Gasteiger partial charge in [-0.05, 0) is 25.8 Å². The van der Waals surface area contributed by atoms with E-state index in [0.29, 0.717) is 21.4 Å². The lowest BCUT2D eigenvalue weighted by Gasteiger charge is -2.12. The molecular weight excluding hydrogens is 337 g/mol. The Morgan fingerprint density at radius 3 is 2.78 bits per heavy atom. The van der Waals surface area contributed by atoms with E-state index < -0.39 is 0 Å². The molecule has 0 amide bonds. The van der Waals surface area contributed by atoms with Crippen LogP contribution in [0.15, 0.2) is 12.1 Å². The Bertz CT molecular complexity index is 743. The molecule has 2 heterocycles. The Labute approximate surface area is 144 Å². The van der Waals surface area contributed by atoms with Crippen LogP contribution in [-0.4, -0.2) is 20.5 Å². The fourth-order valence-electron chi connectivity index (χ4n) is 2.72. The third kappa shape index (κ3) is 3.51. The summed E-state index contributed by atoms with van der Waals surface area (Å²) in [5.41, 5.74) is 0.412. The SMILES string of the molecule is CC(=O)c1cc(Cl)c(Cl)cc1OCc1nnc2n1CCCCC2. The molecule has 0 bridgehead atoms. The molecule has 1 aromatic carbocycles. The number of hydrogen-bond donors (Lipinski definition) is 0. The van der Waals surface area contributed by atoms with Gasteiger partial charge in [0.25, 0.3) is 0 Å². The van der Waals surface area contributed by atoms with E-state index in [1.54, 1.807) is 6.07 Å². The second-order valence-corrected chi connectivity index (χ2v) is 6.42. The molecule has 0 spiro atoms. The average Bonchev–Trinajstić information content (AvgIpc) is 2.75. The standard InChI is InChI=1S/C16H17Cl2N3O2/c1-10(22)11-7-12(17)13(18)8-14(11)23-9-16-20-19-15-5-3-2-4-6-21(15)16/h7-8H,2-6,9H2,1H3. The molecule has 0 aliphatic carbocycles. The number of Topliss-reactive ketones (excluding diaryl/α,β-unsaturated/α-hetero) is 1. The lowest BCUT2D eigenvalue weighted by atomic mass is 10.1. The highest BCUT2D eigenvalue weighted by atomic mass is 35.5. The lowest BCUT2D eigenvalue weighted by molar-refractivity contribution is 0.101. The predicted molar refractivity (Wildman–Crippen MR) is 88.4 cm³/mol. The summed E-state index contributed by atoms with van der Waals surface area (Å²) in [4.78, 5) is 11.8. The fourth-order valence-corrected chi connectivity index (χ4v) is 3.03. The van der Waals surface area contributed by atoms with Crippen LogP contribution in [0.4, 0.5) is 0 Å². The number of aryl methyl sites for hydroxylation is 1. The number of carbonyl (C=O) groups is 1. The van der Waals surface area contributed by atoms with E-state index in [9.17, 15) is 4.79 Å². The van der Waals surface area contributed by atoms with E-state index in [0.717, 1.165) is 37.5 Å². The number of halogens is 2.